The Morgan fingerprint density at radius 1 is 0.782 bits per heavy atom. The molecule has 0 unspecified atom stereocenters. The number of amides is 5. The van der Waals surface area contributed by atoms with Crippen LogP contribution in [0.4, 0.5) is 21.2 Å². The highest BCUT2D eigenvalue weighted by molar-refractivity contribution is 8.77. The number of aliphatic hydroxyl groups is 2. The van der Waals surface area contributed by atoms with Crippen molar-refractivity contribution in [3.05, 3.63) is 94.8 Å². The fourth-order valence-electron chi connectivity index (χ4n) is 16.1. The van der Waals surface area contributed by atoms with E-state index >= 15 is 0 Å². The van der Waals surface area contributed by atoms with Crippen molar-refractivity contribution in [3.63, 3.8) is 0 Å². The molecule has 3 fully saturated rings. The van der Waals surface area contributed by atoms with Crippen LogP contribution in [-0.4, -0.2) is 272 Å². The highest BCUT2D eigenvalue weighted by atomic mass is 33.1. The van der Waals surface area contributed by atoms with Crippen molar-refractivity contribution in [1.82, 2.24) is 46.1 Å². The minimum absolute atomic E-state index is 0.00740. The average molecular weight is 1940 g/mol. The van der Waals surface area contributed by atoms with Gasteiger partial charge in [0.2, 0.25) is 23.5 Å². The van der Waals surface area contributed by atoms with E-state index in [1.54, 1.807) is 53.0 Å². The number of cyclic esters (lactones) is 1. The summed E-state index contributed by atoms with van der Waals surface area (Å²) in [4.78, 5) is 202. The number of Topliss-reactive ketones (excluding diaryl/α,β-unsaturated/α-hetero) is 5. The molecule has 5 amide bonds. The number of nitrogens with two attached hydrogens (primary N) is 1. The third-order valence-electron chi connectivity index (χ3n) is 23.7. The lowest BCUT2D eigenvalue weighted by molar-refractivity contribution is -0.265. The largest absolute Gasteiger partial charge is 0.508 e. The number of allylic oxidation sites excluding steroid dienone is 6. The van der Waals surface area contributed by atoms with Gasteiger partial charge in [-0.05, 0) is 144 Å². The summed E-state index contributed by atoms with van der Waals surface area (Å²) in [6, 6.07) is 2.21. The fraction of sp³-hybridized carbons (Fsp3) is 0.626. The van der Waals surface area contributed by atoms with Crippen molar-refractivity contribution in [1.29, 1.82) is 5.41 Å². The second-order valence-corrected chi connectivity index (χ2v) is 39.6. The number of aromatic nitrogens is 4. The van der Waals surface area contributed by atoms with E-state index in [-0.39, 0.29) is 160 Å². The van der Waals surface area contributed by atoms with Gasteiger partial charge in [0.1, 0.15) is 62.0 Å². The molecule has 3 aliphatic heterocycles. The summed E-state index contributed by atoms with van der Waals surface area (Å²) in [6.07, 6.45) is 9.70. The third kappa shape index (κ3) is 36.2. The van der Waals surface area contributed by atoms with Crippen molar-refractivity contribution >= 4 is 149 Å². The quantitative estimate of drug-likeness (QED) is 0.00632. The molecule has 1 aromatic carbocycles. The van der Waals surface area contributed by atoms with E-state index in [0.717, 1.165) is 32.1 Å². The molecule has 5 heterocycles. The van der Waals surface area contributed by atoms with Gasteiger partial charge in [-0.1, -0.05) is 121 Å². The maximum absolute atomic E-state index is 14.7. The first-order chi connectivity index (χ1) is 63.3. The van der Waals surface area contributed by atoms with Crippen molar-refractivity contribution in [2.75, 3.05) is 94.3 Å². The minimum atomic E-state index is -2.50. The van der Waals surface area contributed by atoms with Crippen LogP contribution in [0.25, 0.3) is 11.2 Å². The van der Waals surface area contributed by atoms with E-state index < -0.39 is 168 Å². The van der Waals surface area contributed by atoms with E-state index in [0.29, 0.717) is 86.2 Å². The smallest absolute Gasteiger partial charge is 0.481 e. The van der Waals surface area contributed by atoms with Gasteiger partial charge in [0, 0.05) is 118 Å². The normalized spacial score (nSPS) is 26.1. The molecule has 42 heteroatoms. The van der Waals surface area contributed by atoms with Crippen LogP contribution in [0.2, 0.25) is 0 Å². The number of fused-ring (bicyclic) bond motifs is 4. The SMILES string of the molecule is CO[C@H]1C[C@@H]2CC[C@@H](C)[C@@](O)(O2)C(=O)C(=O)N2CCCC[C@H]2C(=O)O[C@H]([C@H](C)C[C@@H]2CC[C@@H](OCCOC(=O)OCCSSCCC(=O)NC[C@H](NC(C)=O)C(=O)C[C@@H](CSSCCOC(=O)NCC(=O)CC[C@H](NC(=O)c3ccc(NCc4cnc5nc(N)[nH]c(=N)c5n4)cc3)C(=O)O)C(=O)O)[C@H](C)C2)CC(=O)[C@H](C)/C=C(\C)[C@@H](O)[C@@H](OC)C(=O)[C@H](C)C[C@H](C)/C=C/C=C/C=C/1C. The number of nitrogens with one attached hydrogen (secondary N) is 7. The van der Waals surface area contributed by atoms with Crippen LogP contribution in [0.1, 0.15) is 181 Å². The molecule has 18 atom stereocenters. The molecule has 3 aromatic rings. The lowest BCUT2D eigenvalue weighted by Crippen LogP contribution is -2.61. The zero-order valence-corrected chi connectivity index (χ0v) is 80.5. The molecule has 4 aliphatic rings. The number of carboxylic acids is 2. The molecular formula is C91H130N12O26S4. The van der Waals surface area contributed by atoms with E-state index in [4.69, 9.17) is 49.0 Å². The Morgan fingerprint density at radius 2 is 1.50 bits per heavy atom. The van der Waals surface area contributed by atoms with Crippen LogP contribution in [0, 0.1) is 52.8 Å². The molecule has 0 radical (unpaired) electrons. The zero-order valence-electron chi connectivity index (χ0n) is 77.2. The lowest BCUT2D eigenvalue weighted by atomic mass is 9.75. The summed E-state index contributed by atoms with van der Waals surface area (Å²) in [5.74, 6) is -14.6. The number of alkyl carbamates (subject to hydrolysis) is 1. The van der Waals surface area contributed by atoms with Crippen LogP contribution in [0.15, 0.2) is 78.1 Å². The van der Waals surface area contributed by atoms with Crippen molar-refractivity contribution in [2.24, 2.45) is 47.3 Å². The van der Waals surface area contributed by atoms with Gasteiger partial charge >= 0.3 is 30.2 Å². The van der Waals surface area contributed by atoms with Gasteiger partial charge in [-0.25, -0.2) is 29.1 Å². The number of ketones is 5. The zero-order chi connectivity index (χ0) is 97.6. The summed E-state index contributed by atoms with van der Waals surface area (Å²) < 4.78 is 46.0. The van der Waals surface area contributed by atoms with Gasteiger partial charge in [-0.15, -0.1) is 0 Å². The number of hydrogen-bond donors (Lipinski definition) is 12. The lowest BCUT2D eigenvalue weighted by Gasteiger charge is -2.42. The number of nitrogen functional groups attached to an aromatic ring is 1. The molecular weight excluding hydrogens is 1810 g/mol. The standard InChI is InChI=1S/C91H130N12O26S4/c1-51-17-13-12-14-18-52(2)73(122-10)44-66-27-20-58(8)91(121,129-66)80(111)84(113)103-31-16-15-19-69(103)87(118)128-74(45-70(106)53(3)40-57(7)78(110)79(123-11)77(109)56(6)39-51)55(5)42-60-21-29-72(54(4)41-60)124-32-33-126-90(120)127-35-38-131-130-36-30-75(108)95-49-68(98-59(9)104)71(107)43-62(85(114)115)50-133-132-37-34-125-89(119)97-48-65(105)26-28-67(86(116)117)100-83(112)61-22-24-63(25-23-61)94-46-64-47-96-82-76(99-64)81(92)101-88(93)102-82/h12-14,17-18,22-25,40,47,51,53-56,58,60,62,66-69,72-74,78-79,94,110,121H,15-16,19-21,26-39,41-46,48-50H2,1-11H3,(H,95,108)(H,97,119)(H,98,104)(H,100,112)(H,114,115)(H,116,117)(H4,92,93,96,101,102)/b14-12+,17-13+,52-18+,57-40+/t51-,53-,54-,55-,56-,58-,60-,62+,66+,67+,68+,69+,72-,73+,74+,78-,79+,91-/m1/s1. The van der Waals surface area contributed by atoms with Gasteiger partial charge in [-0.3, -0.25) is 53.4 Å². The summed E-state index contributed by atoms with van der Waals surface area (Å²) in [7, 11) is 7.78. The molecule has 38 nitrogen and oxygen atoms in total. The number of carbonyl (C=O) groups excluding carboxylic acids is 12. The number of aromatic amines is 1. The molecule has 133 heavy (non-hydrogen) atoms. The predicted molar refractivity (Wildman–Crippen MR) is 499 cm³/mol. The van der Waals surface area contributed by atoms with Gasteiger partial charge in [0.15, 0.2) is 34.0 Å². The molecule has 2 aromatic heterocycles. The van der Waals surface area contributed by atoms with E-state index in [9.17, 15) is 87.5 Å². The van der Waals surface area contributed by atoms with Gasteiger partial charge in [0.25, 0.3) is 17.6 Å². The number of methoxy groups -OCH3 is 2. The summed E-state index contributed by atoms with van der Waals surface area (Å²) in [6.45, 7) is 15.0. The Morgan fingerprint density at radius 3 is 2.20 bits per heavy atom. The molecule has 13 N–H and O–H groups in total. The molecule has 2 saturated heterocycles. The monoisotopic (exact) mass is 1930 g/mol. The summed E-state index contributed by atoms with van der Waals surface area (Å²) in [5.41, 5.74) is 8.41. The third-order valence-corrected chi connectivity index (χ3v) is 28.5. The molecule has 7 rings (SSSR count). The van der Waals surface area contributed by atoms with Gasteiger partial charge in [-0.2, -0.15) is 4.98 Å². The average Bonchev–Trinajstić information content (AvgIpc) is 0.768. The Bertz CT molecular complexity index is 4670. The van der Waals surface area contributed by atoms with Crippen LogP contribution in [0.5, 0.6) is 0 Å². The van der Waals surface area contributed by atoms with Crippen LogP contribution in [0.3, 0.4) is 0 Å². The summed E-state index contributed by atoms with van der Waals surface area (Å²) in [5, 5.41) is 64.5. The van der Waals surface area contributed by atoms with Crippen LogP contribution >= 0.6 is 43.2 Å². The Hall–Kier alpha value is -9.66. The number of carbonyl (C=O) groups is 14. The maximum Gasteiger partial charge on any atom is 0.508 e. The molecule has 0 spiro atoms. The number of nitrogens with zero attached hydrogens (tertiary/aromatic N) is 4. The topological polar surface area (TPSA) is 561 Å². The van der Waals surface area contributed by atoms with Gasteiger partial charge in [0.05, 0.1) is 55.8 Å². The fourth-order valence-corrected chi connectivity index (χ4v) is 20.0. The van der Waals surface area contributed by atoms with E-state index in [1.165, 1.54) is 54.0 Å². The number of carboxylic acid groups (broad SMARTS) is 2. The molecule has 734 valence electrons. The van der Waals surface area contributed by atoms with E-state index in [2.05, 4.69) is 53.4 Å². The number of ether oxygens (including phenoxy) is 8. The first-order valence-corrected chi connectivity index (χ1v) is 49.8. The van der Waals surface area contributed by atoms with E-state index in [1.807, 2.05) is 51.2 Å². The predicted octanol–water partition coefficient (Wildman–Crippen LogP) is 8.71. The van der Waals surface area contributed by atoms with Crippen molar-refractivity contribution < 1.29 is 125 Å². The van der Waals surface area contributed by atoms with Crippen LogP contribution in [-0.2, 0) is 97.2 Å². The molecule has 2 bridgehead atoms. The molecule has 1 saturated carbocycles. The second kappa shape index (κ2) is 56.0. The molecule has 1 aliphatic carbocycles. The number of anilines is 2. The number of benzene rings is 1. The second-order valence-electron chi connectivity index (χ2n) is 34.2. The number of esters is 1. The first kappa shape index (κ1) is 110. The van der Waals surface area contributed by atoms with Crippen molar-refractivity contribution in [2.45, 2.75) is 232 Å². The minimum Gasteiger partial charge on any atom is -0.481 e. The van der Waals surface area contributed by atoms with Gasteiger partial charge < -0.3 is 101 Å². The number of aliphatic hydroxyl groups excluding tert-OH is 1. The Kier molecular flexibility index (Phi) is 46.5. The maximum atomic E-state index is 14.7. The Labute approximate surface area is 789 Å². The number of aliphatic carboxylic acids is 2. The highest BCUT2D eigenvalue weighted by Gasteiger charge is 2.53. The number of hydrogen-bond acceptors (Lipinski definition) is 34. The number of rotatable bonds is 40. The first-order valence-electron chi connectivity index (χ1n) is 44.8. The highest BCUT2D eigenvalue weighted by Crippen LogP contribution is 2.40. The van der Waals surface area contributed by atoms with Crippen LogP contribution < -0.4 is 37.8 Å². The number of H-pyrrole nitrogens is 1. The summed E-state index contributed by atoms with van der Waals surface area (Å²) >= 11 is 0. The van der Waals surface area contributed by atoms with Crippen molar-refractivity contribution in [3.8, 4) is 0 Å². The Balaban J connectivity index is 0.775. The number of piperidine rings is 1.